The van der Waals surface area contributed by atoms with E-state index in [2.05, 4.69) is 72.9 Å². The van der Waals surface area contributed by atoms with Crippen molar-refractivity contribution < 1.29 is 32.6 Å². The molecule has 0 unspecified atom stereocenters. The first kappa shape index (κ1) is 42.0. The highest BCUT2D eigenvalue weighted by molar-refractivity contribution is 8.13. The number of rotatable bonds is 0. The zero-order valence-corrected chi connectivity index (χ0v) is 32.7. The molecule has 0 bridgehead atoms. The molecule has 0 aromatic rings. The molecule has 0 saturated carbocycles. The van der Waals surface area contributed by atoms with E-state index in [1.807, 2.05) is 47.6 Å². The van der Waals surface area contributed by atoms with Gasteiger partial charge in [-0.05, 0) is 48.0 Å². The third-order valence-corrected chi connectivity index (χ3v) is 7.12. The summed E-state index contributed by atoms with van der Waals surface area (Å²) >= 11 is 0. The summed E-state index contributed by atoms with van der Waals surface area (Å²) < 4.78 is 29.5. The van der Waals surface area contributed by atoms with Crippen molar-refractivity contribution in [3.63, 3.8) is 0 Å². The monoisotopic (exact) mass is 690 g/mol. The molecule has 2 rings (SSSR count). The van der Waals surface area contributed by atoms with Crippen LogP contribution in [0.1, 0.15) is 60.8 Å². The van der Waals surface area contributed by atoms with E-state index in [1.165, 1.54) is 0 Å². The van der Waals surface area contributed by atoms with Gasteiger partial charge in [-0.15, -0.1) is 11.1 Å². The Morgan fingerprint density at radius 2 is 1.27 bits per heavy atom. The molecule has 2 heterocycles. The van der Waals surface area contributed by atoms with Crippen LogP contribution in [0.5, 0.6) is 0 Å². The summed E-state index contributed by atoms with van der Waals surface area (Å²) in [5.41, 5.74) is 5.87. The molecular weight excluding hydrogens is 636 g/mol. The molecule has 1 saturated heterocycles. The molecule has 0 aromatic carbocycles. The molecule has 2 aliphatic heterocycles. The summed E-state index contributed by atoms with van der Waals surface area (Å²) in [5.74, 6) is 6.30. The van der Waals surface area contributed by atoms with Crippen molar-refractivity contribution >= 4 is 48.1 Å². The number of nitrogens with zero attached hydrogens (tertiary/aromatic N) is 2. The van der Waals surface area contributed by atoms with Crippen molar-refractivity contribution in [3.05, 3.63) is 11.6 Å². The summed E-state index contributed by atoms with van der Waals surface area (Å²) in [7, 11) is -1.50. The number of carbonyl (C=O) groups is 2. The smallest absolute Gasteiger partial charge is 0.410 e. The van der Waals surface area contributed by atoms with Crippen LogP contribution in [0.25, 0.3) is 0 Å². The fourth-order valence-electron chi connectivity index (χ4n) is 3.36. The summed E-state index contributed by atoms with van der Waals surface area (Å²) in [6, 6.07) is 0. The molecule has 0 aliphatic carbocycles. The van der Waals surface area contributed by atoms with Gasteiger partial charge in [0.05, 0.1) is 6.26 Å². The number of hydrogen-bond donors (Lipinski definition) is 1. The second kappa shape index (κ2) is 16.6. The quantitative estimate of drug-likeness (QED) is 0.182. The Kier molecular flexibility index (Phi) is 15.8. The Bertz CT molecular complexity index is 1230. The lowest BCUT2D eigenvalue weighted by Crippen LogP contribution is -2.47. The average Bonchev–Trinajstić information content (AvgIpc) is 2.79. The van der Waals surface area contributed by atoms with Gasteiger partial charge < -0.3 is 24.4 Å². The van der Waals surface area contributed by atoms with Crippen molar-refractivity contribution in [2.45, 2.75) is 117 Å². The Morgan fingerprint density at radius 3 is 1.61 bits per heavy atom. The van der Waals surface area contributed by atoms with E-state index >= 15 is 0 Å². The first-order chi connectivity index (χ1) is 19.5. The van der Waals surface area contributed by atoms with Gasteiger partial charge in [-0.1, -0.05) is 57.2 Å². The molecule has 1 N–H and O–H groups in total. The zero-order chi connectivity index (χ0) is 34.8. The van der Waals surface area contributed by atoms with Crippen molar-refractivity contribution in [3.8, 4) is 22.9 Å². The lowest BCUT2D eigenvalue weighted by atomic mass is 9.93. The second-order valence-electron chi connectivity index (χ2n) is 15.1. The maximum absolute atomic E-state index is 11.9. The van der Waals surface area contributed by atoms with E-state index in [0.29, 0.717) is 39.0 Å². The van der Waals surface area contributed by atoms with Gasteiger partial charge in [0.1, 0.15) is 33.0 Å². The molecule has 9 nitrogen and oxygen atoms in total. The van der Waals surface area contributed by atoms with E-state index in [4.69, 9.17) is 9.47 Å². The maximum Gasteiger partial charge on any atom is 0.410 e. The topological polar surface area (TPSA) is 113 Å². The number of amides is 2. The zero-order valence-electron chi connectivity index (χ0n) is 29.1. The SMILES string of the molecule is CC(C)(C)OC(=O)N1CC=C(C#C[Si](C)(C)C)CC1.CC(C)(C)OC(=O)N1CCC(O)(C#C[Si](C)(C)C)CC1.CS(=O)(=O)Cl. The van der Waals surface area contributed by atoms with Crippen LogP contribution >= 0.6 is 10.7 Å². The molecule has 0 atom stereocenters. The Hall–Kier alpha value is -1.97. The van der Waals surface area contributed by atoms with Crippen LogP contribution in [-0.2, 0) is 18.5 Å². The lowest BCUT2D eigenvalue weighted by Gasteiger charge is -2.36. The number of ether oxygens (including phenoxy) is 2. The summed E-state index contributed by atoms with van der Waals surface area (Å²) in [4.78, 5) is 27.2. The van der Waals surface area contributed by atoms with Gasteiger partial charge in [0, 0.05) is 55.3 Å². The second-order valence-corrected chi connectivity index (χ2v) is 27.6. The fraction of sp³-hybridized carbons (Fsp3) is 0.742. The molecule has 0 aromatic heterocycles. The first-order valence-electron chi connectivity index (χ1n) is 14.8. The van der Waals surface area contributed by atoms with Gasteiger partial charge in [0.2, 0.25) is 9.05 Å². The van der Waals surface area contributed by atoms with Crippen LogP contribution < -0.4 is 0 Å². The Balaban J connectivity index is 0.000000729. The van der Waals surface area contributed by atoms with Gasteiger partial charge in [0.25, 0.3) is 0 Å². The molecule has 0 radical (unpaired) electrons. The predicted molar refractivity (Wildman–Crippen MR) is 185 cm³/mol. The van der Waals surface area contributed by atoms with Crippen molar-refractivity contribution in [1.29, 1.82) is 0 Å². The van der Waals surface area contributed by atoms with E-state index in [1.54, 1.807) is 9.80 Å². The third-order valence-electron chi connectivity index (χ3n) is 5.37. The van der Waals surface area contributed by atoms with Crippen LogP contribution in [0, 0.1) is 22.9 Å². The van der Waals surface area contributed by atoms with Gasteiger partial charge >= 0.3 is 12.2 Å². The number of halogens is 1. The van der Waals surface area contributed by atoms with Gasteiger partial charge in [-0.25, -0.2) is 18.0 Å². The van der Waals surface area contributed by atoms with Gasteiger partial charge in [0.15, 0.2) is 0 Å². The highest BCUT2D eigenvalue weighted by Crippen LogP contribution is 2.23. The Labute approximate surface area is 273 Å². The summed E-state index contributed by atoms with van der Waals surface area (Å²) in [5, 5.41) is 10.4. The largest absolute Gasteiger partial charge is 0.444 e. The molecule has 1 fully saturated rings. The maximum atomic E-state index is 11.9. The highest BCUT2D eigenvalue weighted by Gasteiger charge is 2.34. The predicted octanol–water partition coefficient (Wildman–Crippen LogP) is 6.25. The number of likely N-dealkylation sites (tertiary alicyclic amines) is 1. The molecule has 252 valence electrons. The van der Waals surface area contributed by atoms with Gasteiger partial charge in [-0.3, -0.25) is 0 Å². The van der Waals surface area contributed by atoms with Crippen molar-refractivity contribution in [2.24, 2.45) is 0 Å². The van der Waals surface area contributed by atoms with E-state index in [0.717, 1.165) is 18.2 Å². The summed E-state index contributed by atoms with van der Waals surface area (Å²) in [6.45, 7) is 26.6. The molecule has 44 heavy (non-hydrogen) atoms. The van der Waals surface area contributed by atoms with Gasteiger partial charge in [-0.2, -0.15) is 0 Å². The third kappa shape index (κ3) is 23.4. The fourth-order valence-corrected chi connectivity index (χ4v) is 4.50. The molecule has 2 aliphatic rings. The minimum atomic E-state index is -3.19. The van der Waals surface area contributed by atoms with Crippen molar-refractivity contribution in [2.75, 3.05) is 32.4 Å². The average molecular weight is 691 g/mol. The van der Waals surface area contributed by atoms with E-state index in [9.17, 15) is 23.1 Å². The minimum absolute atomic E-state index is 0.235. The molecular formula is C31H55ClN2O7SSi2. The van der Waals surface area contributed by atoms with Crippen molar-refractivity contribution in [1.82, 2.24) is 9.80 Å². The van der Waals surface area contributed by atoms with E-state index < -0.39 is 42.0 Å². The number of carbonyl (C=O) groups excluding carboxylic acids is 2. The van der Waals surface area contributed by atoms with Crippen LogP contribution in [0.15, 0.2) is 11.6 Å². The van der Waals surface area contributed by atoms with Crippen LogP contribution in [0.3, 0.4) is 0 Å². The normalized spacial score (nSPS) is 17.0. The summed E-state index contributed by atoms with van der Waals surface area (Å²) in [6.07, 6.45) is 4.23. The van der Waals surface area contributed by atoms with Crippen LogP contribution in [0.4, 0.5) is 9.59 Å². The Morgan fingerprint density at radius 1 is 0.864 bits per heavy atom. The van der Waals surface area contributed by atoms with Crippen LogP contribution in [-0.4, -0.2) is 101 Å². The number of aliphatic hydroxyl groups is 1. The first-order valence-corrected chi connectivity index (χ1v) is 24.5. The molecule has 13 heteroatoms. The van der Waals surface area contributed by atoms with Crippen LogP contribution in [0.2, 0.25) is 39.3 Å². The lowest BCUT2D eigenvalue weighted by molar-refractivity contribution is -0.00517. The number of piperidine rings is 1. The van der Waals surface area contributed by atoms with E-state index in [-0.39, 0.29) is 12.2 Å². The minimum Gasteiger partial charge on any atom is -0.444 e. The number of hydrogen-bond acceptors (Lipinski definition) is 7. The highest BCUT2D eigenvalue weighted by atomic mass is 35.7. The molecule has 2 amide bonds. The standard InChI is InChI=1S/C15H27NO3Si.C15H25NO2Si.CH3ClO2S/c1-14(2,3)19-13(17)16-10-7-15(18,8-11-16)9-12-20(4,5)6;1-15(2,3)18-14(17)16-10-7-13(8-11-16)9-12-19(4,5)6;1-5(2,3)4/h18H,7-8,10-11H2,1-6H3;7H,8,10-11H2,1-6H3;1H3. The molecule has 0 spiro atoms.